The number of fused-ring (bicyclic) bond motifs is 1. The summed E-state index contributed by atoms with van der Waals surface area (Å²) in [5.74, 6) is -2.03. The summed E-state index contributed by atoms with van der Waals surface area (Å²) in [6.07, 6.45) is 1.29. The number of nitrogens with zero attached hydrogens (tertiary/aromatic N) is 2. The average molecular weight is 461 g/mol. The van der Waals surface area contributed by atoms with Crippen LogP contribution in [-0.4, -0.2) is 49.8 Å². The van der Waals surface area contributed by atoms with E-state index in [2.05, 4.69) is 0 Å². The molecule has 2 aromatic rings. The van der Waals surface area contributed by atoms with Crippen LogP contribution in [0.3, 0.4) is 0 Å². The maximum Gasteiger partial charge on any atom is 0.325 e. The quantitative estimate of drug-likeness (QED) is 0.641. The molecule has 1 saturated heterocycles. The van der Waals surface area contributed by atoms with Crippen molar-refractivity contribution in [3.05, 3.63) is 59.9 Å². The molecule has 32 heavy (non-hydrogen) atoms. The van der Waals surface area contributed by atoms with Crippen LogP contribution in [0.1, 0.15) is 31.7 Å². The van der Waals surface area contributed by atoms with Gasteiger partial charge in [0.05, 0.1) is 0 Å². The summed E-state index contributed by atoms with van der Waals surface area (Å²) < 4.78 is 46.5. The Morgan fingerprint density at radius 2 is 1.78 bits per heavy atom. The molecular formula is C23H25FN2O5S. The van der Waals surface area contributed by atoms with Crippen molar-refractivity contribution in [1.29, 1.82) is 0 Å². The Labute approximate surface area is 186 Å². The van der Waals surface area contributed by atoms with Gasteiger partial charge in [-0.3, -0.25) is 9.59 Å². The molecule has 0 aliphatic carbocycles. The lowest BCUT2D eigenvalue weighted by Gasteiger charge is -2.31. The first kappa shape index (κ1) is 22.4. The van der Waals surface area contributed by atoms with E-state index in [9.17, 15) is 22.4 Å². The number of aryl methyl sites for hydroxylation is 1. The molecule has 0 N–H and O–H groups in total. The van der Waals surface area contributed by atoms with Gasteiger partial charge in [-0.1, -0.05) is 30.3 Å². The van der Waals surface area contributed by atoms with E-state index in [4.69, 9.17) is 4.74 Å². The summed E-state index contributed by atoms with van der Waals surface area (Å²) in [7, 11) is -4.22. The number of rotatable bonds is 5. The van der Waals surface area contributed by atoms with E-state index in [1.165, 1.54) is 25.1 Å². The van der Waals surface area contributed by atoms with E-state index >= 15 is 0 Å². The van der Waals surface area contributed by atoms with Gasteiger partial charge >= 0.3 is 5.97 Å². The predicted octanol–water partition coefficient (Wildman–Crippen LogP) is 2.89. The van der Waals surface area contributed by atoms with E-state index in [1.54, 1.807) is 4.90 Å². The minimum Gasteiger partial charge on any atom is -0.451 e. The molecule has 0 spiro atoms. The number of carbonyl (C=O) groups is 2. The van der Waals surface area contributed by atoms with Crippen molar-refractivity contribution >= 4 is 27.6 Å². The van der Waals surface area contributed by atoms with E-state index in [-0.39, 0.29) is 18.9 Å². The Kier molecular flexibility index (Phi) is 6.30. The molecule has 0 radical (unpaired) electrons. The second-order valence-electron chi connectivity index (χ2n) is 8.01. The van der Waals surface area contributed by atoms with Crippen LogP contribution in [0.2, 0.25) is 0 Å². The predicted molar refractivity (Wildman–Crippen MR) is 116 cm³/mol. The number of halogens is 1. The molecule has 2 aliphatic rings. The Balaban J connectivity index is 1.49. The van der Waals surface area contributed by atoms with Crippen molar-refractivity contribution in [2.24, 2.45) is 0 Å². The molecule has 2 aliphatic heterocycles. The SMILES string of the molecule is CC(OC(=O)C1CCCN1S(=O)(=O)c1ccccc1F)C(=O)N1CCCc2ccccc21. The molecule has 0 aromatic heterocycles. The molecule has 2 atom stereocenters. The van der Waals surface area contributed by atoms with E-state index < -0.39 is 38.9 Å². The third-order valence-electron chi connectivity index (χ3n) is 5.92. The standard InChI is InChI=1S/C23H25FN2O5S/c1-16(22(27)25-14-6-9-17-8-2-4-11-19(17)25)31-23(28)20-12-7-15-26(20)32(29,30)21-13-5-3-10-18(21)24/h2-5,8,10-11,13,16,20H,6-7,9,12,14-15H2,1H3. The number of benzene rings is 2. The van der Waals surface area contributed by atoms with Crippen molar-refractivity contribution in [3.63, 3.8) is 0 Å². The van der Waals surface area contributed by atoms with Gasteiger partial charge in [-0.25, -0.2) is 12.8 Å². The number of hydrogen-bond donors (Lipinski definition) is 0. The van der Waals surface area contributed by atoms with Crippen molar-refractivity contribution < 1.29 is 27.1 Å². The van der Waals surface area contributed by atoms with Gasteiger partial charge in [-0.15, -0.1) is 0 Å². The zero-order valence-electron chi connectivity index (χ0n) is 17.7. The van der Waals surface area contributed by atoms with E-state index in [1.807, 2.05) is 24.3 Å². The molecule has 0 saturated carbocycles. The maximum atomic E-state index is 14.1. The van der Waals surface area contributed by atoms with Crippen LogP contribution in [0.5, 0.6) is 0 Å². The van der Waals surface area contributed by atoms with Crippen LogP contribution in [0.15, 0.2) is 53.4 Å². The lowest BCUT2D eigenvalue weighted by atomic mass is 10.0. The summed E-state index contributed by atoms with van der Waals surface area (Å²) in [6, 6.07) is 11.6. The topological polar surface area (TPSA) is 84.0 Å². The van der Waals surface area contributed by atoms with Gasteiger partial charge in [0.25, 0.3) is 5.91 Å². The summed E-state index contributed by atoms with van der Waals surface area (Å²) in [5.41, 5.74) is 1.86. The molecule has 2 unspecified atom stereocenters. The molecule has 9 heteroatoms. The molecule has 0 bridgehead atoms. The second-order valence-corrected chi connectivity index (χ2v) is 9.86. The largest absolute Gasteiger partial charge is 0.451 e. The van der Waals surface area contributed by atoms with Gasteiger partial charge in [0.2, 0.25) is 10.0 Å². The van der Waals surface area contributed by atoms with E-state index in [0.29, 0.717) is 13.0 Å². The first-order valence-electron chi connectivity index (χ1n) is 10.7. The van der Waals surface area contributed by atoms with Crippen molar-refractivity contribution in [3.8, 4) is 0 Å². The normalized spacial score (nSPS) is 19.9. The molecule has 1 amide bonds. The Morgan fingerprint density at radius 1 is 1.06 bits per heavy atom. The highest BCUT2D eigenvalue weighted by Gasteiger charge is 2.42. The Bertz CT molecular complexity index is 1140. The highest BCUT2D eigenvalue weighted by molar-refractivity contribution is 7.89. The first-order chi connectivity index (χ1) is 15.3. The minimum absolute atomic E-state index is 0.0816. The van der Waals surface area contributed by atoms with Crippen LogP contribution >= 0.6 is 0 Å². The molecule has 1 fully saturated rings. The zero-order chi connectivity index (χ0) is 22.9. The van der Waals surface area contributed by atoms with Crippen LogP contribution in [0.4, 0.5) is 10.1 Å². The van der Waals surface area contributed by atoms with Crippen LogP contribution < -0.4 is 4.90 Å². The Morgan fingerprint density at radius 3 is 2.56 bits per heavy atom. The van der Waals surface area contributed by atoms with Gasteiger partial charge in [-0.2, -0.15) is 4.31 Å². The summed E-state index contributed by atoms with van der Waals surface area (Å²) in [4.78, 5) is 27.0. The van der Waals surface area contributed by atoms with Crippen molar-refractivity contribution in [1.82, 2.24) is 4.31 Å². The van der Waals surface area contributed by atoms with Crippen LogP contribution in [0.25, 0.3) is 0 Å². The third-order valence-corrected chi connectivity index (χ3v) is 7.86. The number of esters is 1. The monoisotopic (exact) mass is 460 g/mol. The lowest BCUT2D eigenvalue weighted by Crippen LogP contribution is -2.46. The summed E-state index contributed by atoms with van der Waals surface area (Å²) in [5, 5.41) is 0. The van der Waals surface area contributed by atoms with Gasteiger partial charge in [0.1, 0.15) is 16.8 Å². The van der Waals surface area contributed by atoms with Gasteiger partial charge in [0.15, 0.2) is 6.10 Å². The third kappa shape index (κ3) is 4.14. The average Bonchev–Trinajstić information content (AvgIpc) is 3.29. The molecule has 4 rings (SSSR count). The maximum absolute atomic E-state index is 14.1. The first-order valence-corrected chi connectivity index (χ1v) is 12.1. The van der Waals surface area contributed by atoms with Gasteiger partial charge in [0, 0.05) is 18.8 Å². The number of hydrogen-bond acceptors (Lipinski definition) is 5. The smallest absolute Gasteiger partial charge is 0.325 e. The van der Waals surface area contributed by atoms with Crippen molar-refractivity contribution in [2.75, 3.05) is 18.0 Å². The van der Waals surface area contributed by atoms with Crippen molar-refractivity contribution in [2.45, 2.75) is 49.6 Å². The van der Waals surface area contributed by atoms with Gasteiger partial charge < -0.3 is 9.64 Å². The fourth-order valence-electron chi connectivity index (χ4n) is 4.33. The highest BCUT2D eigenvalue weighted by Crippen LogP contribution is 2.30. The fraction of sp³-hybridized carbons (Fsp3) is 0.391. The molecule has 170 valence electrons. The number of ether oxygens (including phenoxy) is 1. The summed E-state index contributed by atoms with van der Waals surface area (Å²) >= 11 is 0. The molecular weight excluding hydrogens is 435 g/mol. The molecule has 2 heterocycles. The number of anilines is 1. The molecule has 7 nitrogen and oxygen atoms in total. The number of para-hydroxylation sites is 1. The second kappa shape index (κ2) is 8.99. The number of sulfonamides is 1. The molecule has 2 aromatic carbocycles. The van der Waals surface area contributed by atoms with Crippen LogP contribution in [0, 0.1) is 5.82 Å². The summed E-state index contributed by atoms with van der Waals surface area (Å²) in [6.45, 7) is 2.09. The lowest BCUT2D eigenvalue weighted by molar-refractivity contribution is -0.157. The van der Waals surface area contributed by atoms with E-state index in [0.717, 1.165) is 34.5 Å². The Hall–Kier alpha value is -2.78. The van der Waals surface area contributed by atoms with Crippen LogP contribution in [-0.2, 0) is 30.8 Å². The minimum atomic E-state index is -4.22. The zero-order valence-corrected chi connectivity index (χ0v) is 18.6. The number of carbonyl (C=O) groups excluding carboxylic acids is 2. The van der Waals surface area contributed by atoms with Gasteiger partial charge in [-0.05, 0) is 56.4 Å². The fourth-order valence-corrected chi connectivity index (χ4v) is 6.04. The highest BCUT2D eigenvalue weighted by atomic mass is 32.2. The number of amides is 1.